The summed E-state index contributed by atoms with van der Waals surface area (Å²) in [5, 5.41) is 0. The Labute approximate surface area is 67.9 Å². The molecule has 11 heavy (non-hydrogen) atoms. The van der Waals surface area contributed by atoms with Gasteiger partial charge in [-0.05, 0) is 25.7 Å². The van der Waals surface area contributed by atoms with Crippen LogP contribution in [0.15, 0.2) is 0 Å². The molecule has 2 nitrogen and oxygen atoms in total. The van der Waals surface area contributed by atoms with E-state index in [-0.39, 0.29) is 12.1 Å². The summed E-state index contributed by atoms with van der Waals surface area (Å²) in [4.78, 5) is 10.9. The largest absolute Gasteiger partial charge is 0.463 e. The third-order valence-electron chi connectivity index (χ3n) is 2.33. The zero-order valence-corrected chi connectivity index (χ0v) is 7.30. The fourth-order valence-corrected chi connectivity index (χ4v) is 1.61. The van der Waals surface area contributed by atoms with Gasteiger partial charge in [-0.3, -0.25) is 4.79 Å². The van der Waals surface area contributed by atoms with Gasteiger partial charge in [-0.15, -0.1) is 0 Å². The Kier molecular flexibility index (Phi) is 2.92. The molecule has 2 atom stereocenters. The number of ether oxygens (including phenoxy) is 1. The fourth-order valence-electron chi connectivity index (χ4n) is 1.61. The van der Waals surface area contributed by atoms with Gasteiger partial charge in [-0.2, -0.15) is 0 Å². The summed E-state index contributed by atoms with van der Waals surface area (Å²) in [5.41, 5.74) is 0. The quantitative estimate of drug-likeness (QED) is 0.543. The van der Waals surface area contributed by atoms with Crippen molar-refractivity contribution in [1.82, 2.24) is 0 Å². The van der Waals surface area contributed by atoms with Gasteiger partial charge in [0.05, 0.1) is 6.10 Å². The van der Waals surface area contributed by atoms with Gasteiger partial charge in [0.15, 0.2) is 0 Å². The van der Waals surface area contributed by atoms with Crippen molar-refractivity contribution in [2.24, 2.45) is 5.92 Å². The number of cyclic esters (lactones) is 1. The molecule has 0 spiro atoms. The van der Waals surface area contributed by atoms with Crippen molar-refractivity contribution in [2.75, 3.05) is 0 Å². The molecule has 0 aliphatic carbocycles. The first-order chi connectivity index (χ1) is 5.22. The van der Waals surface area contributed by atoms with E-state index in [2.05, 4.69) is 6.92 Å². The molecule has 0 aromatic carbocycles. The van der Waals surface area contributed by atoms with Crippen molar-refractivity contribution < 1.29 is 9.53 Å². The topological polar surface area (TPSA) is 26.3 Å². The number of carbonyl (C=O) groups is 1. The Bertz CT molecular complexity index is 142. The maximum Gasteiger partial charge on any atom is 0.306 e. The molecule has 1 fully saturated rings. The number of hydrogen-bond donors (Lipinski definition) is 0. The maximum absolute atomic E-state index is 10.9. The van der Waals surface area contributed by atoms with Crippen LogP contribution in [0.3, 0.4) is 0 Å². The molecule has 0 bridgehead atoms. The Balaban J connectivity index is 2.46. The minimum Gasteiger partial charge on any atom is -0.463 e. The minimum atomic E-state index is -0.0200. The molecule has 1 aliphatic heterocycles. The molecule has 0 aromatic heterocycles. The Morgan fingerprint density at radius 3 is 3.00 bits per heavy atom. The van der Waals surface area contributed by atoms with Crippen LogP contribution >= 0.6 is 0 Å². The van der Waals surface area contributed by atoms with Gasteiger partial charge in [0.25, 0.3) is 0 Å². The fraction of sp³-hybridized carbons (Fsp3) is 0.889. The van der Waals surface area contributed by atoms with Crippen molar-refractivity contribution in [2.45, 2.75) is 45.6 Å². The zero-order chi connectivity index (χ0) is 8.27. The summed E-state index contributed by atoms with van der Waals surface area (Å²) in [5.74, 6) is 0.671. The van der Waals surface area contributed by atoms with Crippen LogP contribution < -0.4 is 0 Å². The smallest absolute Gasteiger partial charge is 0.306 e. The van der Waals surface area contributed by atoms with Crippen LogP contribution in [0, 0.1) is 5.92 Å². The summed E-state index contributed by atoms with van der Waals surface area (Å²) in [6.45, 7) is 4.15. The predicted octanol–water partition coefficient (Wildman–Crippen LogP) is 2.13. The van der Waals surface area contributed by atoms with Gasteiger partial charge >= 0.3 is 5.97 Å². The van der Waals surface area contributed by atoms with E-state index in [1.165, 1.54) is 6.42 Å². The Hall–Kier alpha value is -0.530. The lowest BCUT2D eigenvalue weighted by Crippen LogP contribution is -2.12. The summed E-state index contributed by atoms with van der Waals surface area (Å²) in [7, 11) is 0. The lowest BCUT2D eigenvalue weighted by molar-refractivity contribution is -0.147. The first-order valence-corrected chi connectivity index (χ1v) is 4.41. The molecule has 0 radical (unpaired) electrons. The van der Waals surface area contributed by atoms with Gasteiger partial charge in [0.1, 0.15) is 0 Å². The molecule has 1 aliphatic rings. The second-order valence-corrected chi connectivity index (χ2v) is 3.35. The van der Waals surface area contributed by atoms with Crippen LogP contribution in [0.1, 0.15) is 39.5 Å². The first kappa shape index (κ1) is 8.57. The Morgan fingerprint density at radius 2 is 2.36 bits per heavy atom. The van der Waals surface area contributed by atoms with E-state index in [0.29, 0.717) is 12.3 Å². The molecule has 64 valence electrons. The van der Waals surface area contributed by atoms with E-state index in [0.717, 1.165) is 12.8 Å². The molecule has 0 aromatic rings. The molecule has 1 rings (SSSR count). The van der Waals surface area contributed by atoms with E-state index in [1.807, 2.05) is 6.92 Å². The van der Waals surface area contributed by atoms with Crippen LogP contribution in [0.2, 0.25) is 0 Å². The van der Waals surface area contributed by atoms with Gasteiger partial charge in [-0.25, -0.2) is 0 Å². The third-order valence-corrected chi connectivity index (χ3v) is 2.33. The highest BCUT2D eigenvalue weighted by Crippen LogP contribution is 2.22. The highest BCUT2D eigenvalue weighted by molar-refractivity contribution is 5.69. The van der Waals surface area contributed by atoms with Crippen molar-refractivity contribution in [3.8, 4) is 0 Å². The molecule has 0 amide bonds. The van der Waals surface area contributed by atoms with Crippen molar-refractivity contribution in [3.05, 3.63) is 0 Å². The lowest BCUT2D eigenvalue weighted by Gasteiger charge is -2.13. The molecule has 2 heteroatoms. The molecule has 2 unspecified atom stereocenters. The van der Waals surface area contributed by atoms with Gasteiger partial charge in [-0.1, -0.05) is 13.3 Å². The van der Waals surface area contributed by atoms with Crippen molar-refractivity contribution in [1.29, 1.82) is 0 Å². The SMILES string of the molecule is CCC1CCC(=O)OC(C)C1. The van der Waals surface area contributed by atoms with E-state index in [1.54, 1.807) is 0 Å². The van der Waals surface area contributed by atoms with Crippen LogP contribution in [0.5, 0.6) is 0 Å². The van der Waals surface area contributed by atoms with E-state index in [9.17, 15) is 4.79 Å². The summed E-state index contributed by atoms with van der Waals surface area (Å²) in [6, 6.07) is 0. The average molecular weight is 156 g/mol. The molecule has 0 N–H and O–H groups in total. The van der Waals surface area contributed by atoms with E-state index >= 15 is 0 Å². The standard InChI is InChI=1S/C9H16O2/c1-3-8-4-5-9(10)11-7(2)6-8/h7-8H,3-6H2,1-2H3. The van der Waals surface area contributed by atoms with E-state index in [4.69, 9.17) is 4.74 Å². The molecule has 0 saturated carbocycles. The lowest BCUT2D eigenvalue weighted by atomic mass is 9.95. The molecule has 1 saturated heterocycles. The van der Waals surface area contributed by atoms with E-state index < -0.39 is 0 Å². The van der Waals surface area contributed by atoms with Crippen LogP contribution in [0.25, 0.3) is 0 Å². The average Bonchev–Trinajstić information content (AvgIpc) is 2.11. The maximum atomic E-state index is 10.9. The Morgan fingerprint density at radius 1 is 1.64 bits per heavy atom. The first-order valence-electron chi connectivity index (χ1n) is 4.41. The van der Waals surface area contributed by atoms with Crippen molar-refractivity contribution >= 4 is 5.97 Å². The summed E-state index contributed by atoms with van der Waals surface area (Å²) in [6.07, 6.45) is 3.97. The highest BCUT2D eigenvalue weighted by Gasteiger charge is 2.20. The minimum absolute atomic E-state index is 0.0200. The van der Waals surface area contributed by atoms with Gasteiger partial charge in [0.2, 0.25) is 0 Å². The normalized spacial score (nSPS) is 32.7. The summed E-state index contributed by atoms with van der Waals surface area (Å²) >= 11 is 0. The monoisotopic (exact) mass is 156 g/mol. The number of carbonyl (C=O) groups excluding carboxylic acids is 1. The van der Waals surface area contributed by atoms with Crippen molar-refractivity contribution in [3.63, 3.8) is 0 Å². The third kappa shape index (κ3) is 2.52. The van der Waals surface area contributed by atoms with Crippen LogP contribution in [-0.2, 0) is 9.53 Å². The van der Waals surface area contributed by atoms with Crippen LogP contribution in [-0.4, -0.2) is 12.1 Å². The number of rotatable bonds is 1. The number of hydrogen-bond acceptors (Lipinski definition) is 2. The van der Waals surface area contributed by atoms with Gasteiger partial charge in [0, 0.05) is 6.42 Å². The highest BCUT2D eigenvalue weighted by atomic mass is 16.5. The van der Waals surface area contributed by atoms with Gasteiger partial charge < -0.3 is 4.74 Å². The molecular formula is C9H16O2. The molecule has 1 heterocycles. The predicted molar refractivity (Wildman–Crippen MR) is 43.2 cm³/mol. The molecular weight excluding hydrogens is 140 g/mol. The number of esters is 1. The summed E-state index contributed by atoms with van der Waals surface area (Å²) < 4.78 is 5.10. The van der Waals surface area contributed by atoms with Crippen LogP contribution in [0.4, 0.5) is 0 Å². The second kappa shape index (κ2) is 3.74. The second-order valence-electron chi connectivity index (χ2n) is 3.35. The zero-order valence-electron chi connectivity index (χ0n) is 7.30.